The van der Waals surface area contributed by atoms with E-state index in [2.05, 4.69) is 0 Å². The summed E-state index contributed by atoms with van der Waals surface area (Å²) in [6.45, 7) is 0.871. The zero-order valence-corrected chi connectivity index (χ0v) is 10.8. The maximum absolute atomic E-state index is 12.3. The van der Waals surface area contributed by atoms with Gasteiger partial charge in [0.25, 0.3) is 0 Å². The van der Waals surface area contributed by atoms with Gasteiger partial charge in [-0.1, -0.05) is 12.1 Å². The molecule has 0 radical (unpaired) electrons. The Bertz CT molecular complexity index is 635. The van der Waals surface area contributed by atoms with Crippen molar-refractivity contribution in [3.8, 4) is 5.75 Å². The number of allylic oxidation sites excluding steroid dienone is 1. The van der Waals surface area contributed by atoms with Crippen LogP contribution in [0.25, 0.3) is 6.08 Å². The number of aromatic nitrogens is 1. The largest absolute Gasteiger partial charge is 0.497 e. The van der Waals surface area contributed by atoms with Crippen LogP contribution in [0.5, 0.6) is 5.75 Å². The highest BCUT2D eigenvalue weighted by Gasteiger charge is 2.20. The summed E-state index contributed by atoms with van der Waals surface area (Å²) < 4.78 is 7.13. The molecule has 1 aliphatic rings. The maximum atomic E-state index is 12.3. The molecule has 0 amide bonds. The van der Waals surface area contributed by atoms with Crippen molar-refractivity contribution in [2.24, 2.45) is 0 Å². The monoisotopic (exact) mass is 253 g/mol. The molecule has 0 spiro atoms. The number of fused-ring (bicyclic) bond motifs is 1. The Morgan fingerprint density at radius 3 is 2.74 bits per heavy atom. The quantitative estimate of drug-likeness (QED) is 0.770. The minimum atomic E-state index is 0.132. The lowest BCUT2D eigenvalue weighted by atomic mass is 9.99. The first kappa shape index (κ1) is 11.8. The zero-order chi connectivity index (χ0) is 13.2. The summed E-state index contributed by atoms with van der Waals surface area (Å²) in [6.07, 6.45) is 4.71. The lowest BCUT2D eigenvalue weighted by Gasteiger charge is -2.17. The number of carbonyl (C=O) groups is 1. The number of nitrogens with zero attached hydrogens (tertiary/aromatic N) is 1. The van der Waals surface area contributed by atoms with Crippen molar-refractivity contribution < 1.29 is 9.53 Å². The molecule has 1 aromatic heterocycles. The molecule has 0 saturated heterocycles. The summed E-state index contributed by atoms with van der Waals surface area (Å²) in [5.41, 5.74) is 2.69. The minimum absolute atomic E-state index is 0.132. The van der Waals surface area contributed by atoms with Gasteiger partial charge >= 0.3 is 0 Å². The fourth-order valence-corrected chi connectivity index (χ4v) is 2.37. The molecule has 0 saturated carbocycles. The smallest absolute Gasteiger partial charge is 0.205 e. The Labute approximate surface area is 112 Å². The molecular weight excluding hydrogens is 238 g/mol. The summed E-state index contributed by atoms with van der Waals surface area (Å²) >= 11 is 0. The number of benzene rings is 1. The molecule has 3 nitrogen and oxygen atoms in total. The van der Waals surface area contributed by atoms with E-state index >= 15 is 0 Å². The molecule has 0 aliphatic carbocycles. The summed E-state index contributed by atoms with van der Waals surface area (Å²) in [4.78, 5) is 12.3. The number of ether oxygens (including phenoxy) is 1. The third-order valence-corrected chi connectivity index (χ3v) is 3.43. The molecule has 96 valence electrons. The first-order chi connectivity index (χ1) is 9.28. The summed E-state index contributed by atoms with van der Waals surface area (Å²) in [7, 11) is 1.65. The third kappa shape index (κ3) is 2.19. The maximum Gasteiger partial charge on any atom is 0.205 e. The van der Waals surface area contributed by atoms with Gasteiger partial charge in [-0.05, 0) is 42.3 Å². The molecule has 0 unspecified atom stereocenters. The number of methoxy groups -OCH3 is 1. The molecule has 1 aromatic carbocycles. The highest BCUT2D eigenvalue weighted by molar-refractivity contribution is 6.11. The van der Waals surface area contributed by atoms with Gasteiger partial charge in [-0.3, -0.25) is 4.79 Å². The first-order valence-electron chi connectivity index (χ1n) is 6.32. The molecule has 0 fully saturated rings. The van der Waals surface area contributed by atoms with Crippen molar-refractivity contribution in [2.75, 3.05) is 7.11 Å². The van der Waals surface area contributed by atoms with E-state index in [1.807, 2.05) is 53.2 Å². The molecule has 2 heterocycles. The van der Waals surface area contributed by atoms with E-state index < -0.39 is 0 Å². The SMILES string of the molecule is COc1ccc(/C=C2\CCn3cccc3C2=O)cc1. The van der Waals surface area contributed by atoms with E-state index in [-0.39, 0.29) is 5.78 Å². The second-order valence-corrected chi connectivity index (χ2v) is 4.61. The Balaban J connectivity index is 1.90. The van der Waals surface area contributed by atoms with Crippen LogP contribution in [0.1, 0.15) is 22.5 Å². The number of hydrogen-bond donors (Lipinski definition) is 0. The molecule has 3 rings (SSSR count). The minimum Gasteiger partial charge on any atom is -0.497 e. The number of hydrogen-bond acceptors (Lipinski definition) is 2. The van der Waals surface area contributed by atoms with E-state index in [9.17, 15) is 4.79 Å². The van der Waals surface area contributed by atoms with Crippen molar-refractivity contribution in [1.82, 2.24) is 4.57 Å². The van der Waals surface area contributed by atoms with Crippen molar-refractivity contribution in [3.63, 3.8) is 0 Å². The predicted molar refractivity (Wildman–Crippen MR) is 74.4 cm³/mol. The summed E-state index contributed by atoms with van der Waals surface area (Å²) in [5.74, 6) is 0.957. The van der Waals surface area contributed by atoms with Gasteiger partial charge in [-0.25, -0.2) is 0 Å². The van der Waals surface area contributed by atoms with Crippen molar-refractivity contribution >= 4 is 11.9 Å². The topological polar surface area (TPSA) is 31.2 Å². The zero-order valence-electron chi connectivity index (χ0n) is 10.8. The molecule has 0 bridgehead atoms. The van der Waals surface area contributed by atoms with Gasteiger partial charge in [0.1, 0.15) is 5.75 Å². The van der Waals surface area contributed by atoms with E-state index in [0.29, 0.717) is 0 Å². The number of rotatable bonds is 2. The summed E-state index contributed by atoms with van der Waals surface area (Å²) in [6, 6.07) is 11.5. The van der Waals surface area contributed by atoms with Crippen LogP contribution in [-0.2, 0) is 6.54 Å². The fourth-order valence-electron chi connectivity index (χ4n) is 2.37. The van der Waals surface area contributed by atoms with Gasteiger partial charge in [-0.2, -0.15) is 0 Å². The Kier molecular flexibility index (Phi) is 2.95. The average molecular weight is 253 g/mol. The van der Waals surface area contributed by atoms with Gasteiger partial charge in [-0.15, -0.1) is 0 Å². The van der Waals surface area contributed by atoms with Gasteiger partial charge in [0.15, 0.2) is 0 Å². The van der Waals surface area contributed by atoms with Crippen LogP contribution in [0.2, 0.25) is 0 Å². The second kappa shape index (κ2) is 4.76. The number of aryl methyl sites for hydroxylation is 1. The highest BCUT2D eigenvalue weighted by Crippen LogP contribution is 2.23. The van der Waals surface area contributed by atoms with Gasteiger partial charge in [0, 0.05) is 18.3 Å². The molecule has 3 heteroatoms. The van der Waals surface area contributed by atoms with E-state index in [0.717, 1.165) is 35.5 Å². The number of Topliss-reactive ketones (excluding diaryl/α,β-unsaturated/α-hetero) is 1. The predicted octanol–water partition coefficient (Wildman–Crippen LogP) is 3.17. The molecule has 1 aliphatic heterocycles. The van der Waals surface area contributed by atoms with Crippen LogP contribution in [0, 0.1) is 0 Å². The Morgan fingerprint density at radius 1 is 1.21 bits per heavy atom. The number of ketones is 1. The molecular formula is C16H15NO2. The van der Waals surface area contributed by atoms with Crippen LogP contribution in [0.3, 0.4) is 0 Å². The van der Waals surface area contributed by atoms with Gasteiger partial charge < -0.3 is 9.30 Å². The van der Waals surface area contributed by atoms with Crippen LogP contribution in [0.4, 0.5) is 0 Å². The van der Waals surface area contributed by atoms with Crippen molar-refractivity contribution in [3.05, 3.63) is 59.4 Å². The summed E-state index contributed by atoms with van der Waals surface area (Å²) in [5, 5.41) is 0. The Morgan fingerprint density at radius 2 is 2.00 bits per heavy atom. The molecule has 0 atom stereocenters. The van der Waals surface area contributed by atoms with Crippen LogP contribution >= 0.6 is 0 Å². The van der Waals surface area contributed by atoms with Crippen molar-refractivity contribution in [2.45, 2.75) is 13.0 Å². The molecule has 0 N–H and O–H groups in total. The number of carbonyl (C=O) groups excluding carboxylic acids is 1. The van der Waals surface area contributed by atoms with Crippen molar-refractivity contribution in [1.29, 1.82) is 0 Å². The van der Waals surface area contributed by atoms with Gasteiger partial charge in [0.2, 0.25) is 5.78 Å². The van der Waals surface area contributed by atoms with E-state index in [4.69, 9.17) is 4.74 Å². The third-order valence-electron chi connectivity index (χ3n) is 3.43. The lowest BCUT2D eigenvalue weighted by molar-refractivity contribution is 0.101. The fraction of sp³-hybridized carbons (Fsp3) is 0.188. The first-order valence-corrected chi connectivity index (χ1v) is 6.32. The lowest BCUT2D eigenvalue weighted by Crippen LogP contribution is -2.18. The highest BCUT2D eigenvalue weighted by atomic mass is 16.5. The van der Waals surface area contributed by atoms with Gasteiger partial charge in [0.05, 0.1) is 12.8 Å². The van der Waals surface area contributed by atoms with E-state index in [1.165, 1.54) is 0 Å². The second-order valence-electron chi connectivity index (χ2n) is 4.61. The molecule has 2 aromatic rings. The van der Waals surface area contributed by atoms with Crippen LogP contribution in [-0.4, -0.2) is 17.5 Å². The van der Waals surface area contributed by atoms with Crippen LogP contribution in [0.15, 0.2) is 48.2 Å². The molecule has 19 heavy (non-hydrogen) atoms. The standard InChI is InChI=1S/C16H15NO2/c1-19-14-6-4-12(5-7-14)11-13-8-10-17-9-2-3-15(17)16(13)18/h2-7,9,11H,8,10H2,1H3/b13-11+. The normalized spacial score (nSPS) is 16.5. The average Bonchev–Trinajstić information content (AvgIpc) is 2.92. The Hall–Kier alpha value is -2.29. The van der Waals surface area contributed by atoms with Crippen LogP contribution < -0.4 is 4.74 Å². The van der Waals surface area contributed by atoms with E-state index in [1.54, 1.807) is 7.11 Å².